The van der Waals surface area contributed by atoms with E-state index in [1.165, 1.54) is 31.3 Å². The lowest BCUT2D eigenvalue weighted by atomic mass is 9.60. The standard InChI is InChI=1S/C27H44O4/c1-17(13-22(29)16-26(3,4)31)23-10-11-24-19(7-6-12-27(23,24)5)8-9-20-14-21(28)15-25(30)18(20)2/h8-9,17,21-25,28-31H,2,6-7,10-16H2,1,3-5H3/t17-,21-,22-,23-,24?,25+,27-/m1/s1. The van der Waals surface area contributed by atoms with Crippen molar-refractivity contribution in [1.29, 1.82) is 0 Å². The zero-order valence-electron chi connectivity index (χ0n) is 20.0. The Kier molecular flexibility index (Phi) is 7.57. The van der Waals surface area contributed by atoms with Gasteiger partial charge in [0.25, 0.3) is 0 Å². The van der Waals surface area contributed by atoms with Gasteiger partial charge in [0.2, 0.25) is 0 Å². The number of hydrogen-bond donors (Lipinski definition) is 4. The van der Waals surface area contributed by atoms with Gasteiger partial charge in [0.1, 0.15) is 0 Å². The molecule has 176 valence electrons. The summed E-state index contributed by atoms with van der Waals surface area (Å²) in [5.41, 5.74) is 2.64. The molecule has 0 spiro atoms. The molecular weight excluding hydrogens is 388 g/mol. The van der Waals surface area contributed by atoms with Gasteiger partial charge < -0.3 is 20.4 Å². The minimum absolute atomic E-state index is 0.249. The Hall–Kier alpha value is -0.940. The lowest BCUT2D eigenvalue weighted by Gasteiger charge is -2.44. The van der Waals surface area contributed by atoms with Crippen molar-refractivity contribution >= 4 is 0 Å². The van der Waals surface area contributed by atoms with Crippen LogP contribution in [0.4, 0.5) is 0 Å². The van der Waals surface area contributed by atoms with Crippen LogP contribution in [-0.4, -0.2) is 44.3 Å². The first-order valence-electron chi connectivity index (χ1n) is 12.3. The van der Waals surface area contributed by atoms with Crippen LogP contribution in [0.5, 0.6) is 0 Å². The van der Waals surface area contributed by atoms with E-state index in [2.05, 4.69) is 32.6 Å². The first-order chi connectivity index (χ1) is 14.4. The van der Waals surface area contributed by atoms with Gasteiger partial charge in [-0.2, -0.15) is 0 Å². The molecule has 0 bridgehead atoms. The van der Waals surface area contributed by atoms with Crippen molar-refractivity contribution in [1.82, 2.24) is 0 Å². The number of allylic oxidation sites excluding steroid dienone is 3. The fraction of sp³-hybridized carbons (Fsp3) is 0.778. The van der Waals surface area contributed by atoms with Gasteiger partial charge in [-0.3, -0.25) is 0 Å². The molecule has 4 N–H and O–H groups in total. The van der Waals surface area contributed by atoms with E-state index >= 15 is 0 Å². The molecule has 0 amide bonds. The van der Waals surface area contributed by atoms with Crippen LogP contribution in [0.1, 0.15) is 85.5 Å². The number of rotatable bonds is 6. The highest BCUT2D eigenvalue weighted by Gasteiger charge is 2.50. The van der Waals surface area contributed by atoms with Gasteiger partial charge in [0.05, 0.1) is 23.9 Å². The van der Waals surface area contributed by atoms with Crippen LogP contribution in [-0.2, 0) is 0 Å². The van der Waals surface area contributed by atoms with E-state index < -0.39 is 23.9 Å². The molecule has 4 nitrogen and oxygen atoms in total. The van der Waals surface area contributed by atoms with E-state index in [1.54, 1.807) is 13.8 Å². The van der Waals surface area contributed by atoms with E-state index in [0.29, 0.717) is 37.0 Å². The lowest BCUT2D eigenvalue weighted by Crippen LogP contribution is -2.37. The van der Waals surface area contributed by atoms with Crippen molar-refractivity contribution in [3.63, 3.8) is 0 Å². The van der Waals surface area contributed by atoms with Crippen LogP contribution in [0, 0.1) is 23.2 Å². The molecule has 0 saturated heterocycles. The van der Waals surface area contributed by atoms with E-state index in [4.69, 9.17) is 0 Å². The van der Waals surface area contributed by atoms with Crippen molar-refractivity contribution in [2.75, 3.05) is 0 Å². The van der Waals surface area contributed by atoms with Crippen LogP contribution >= 0.6 is 0 Å². The Labute approximate surface area is 188 Å². The van der Waals surface area contributed by atoms with E-state index in [9.17, 15) is 20.4 Å². The number of aliphatic hydroxyl groups is 4. The molecule has 4 heteroatoms. The van der Waals surface area contributed by atoms with Gasteiger partial charge >= 0.3 is 0 Å². The molecule has 0 radical (unpaired) electrons. The highest BCUT2D eigenvalue weighted by atomic mass is 16.3. The topological polar surface area (TPSA) is 80.9 Å². The van der Waals surface area contributed by atoms with E-state index in [0.717, 1.165) is 24.0 Å². The zero-order valence-corrected chi connectivity index (χ0v) is 20.0. The molecule has 7 atom stereocenters. The molecule has 0 aromatic carbocycles. The minimum atomic E-state index is -0.834. The molecule has 1 unspecified atom stereocenters. The first kappa shape index (κ1) is 24.7. The Morgan fingerprint density at radius 2 is 1.94 bits per heavy atom. The maximum atomic E-state index is 10.5. The summed E-state index contributed by atoms with van der Waals surface area (Å²) >= 11 is 0. The first-order valence-corrected chi connectivity index (χ1v) is 12.3. The summed E-state index contributed by atoms with van der Waals surface area (Å²) in [6, 6.07) is 0. The number of hydrogen-bond acceptors (Lipinski definition) is 4. The fourth-order valence-corrected chi connectivity index (χ4v) is 6.93. The van der Waals surface area contributed by atoms with Gasteiger partial charge in [0, 0.05) is 12.8 Å². The van der Waals surface area contributed by atoms with Crippen LogP contribution in [0.3, 0.4) is 0 Å². The molecule has 3 rings (SSSR count). The fourth-order valence-electron chi connectivity index (χ4n) is 6.93. The predicted octanol–water partition coefficient (Wildman–Crippen LogP) is 4.68. The Bertz CT molecular complexity index is 715. The van der Waals surface area contributed by atoms with Gasteiger partial charge in [0.15, 0.2) is 0 Å². The summed E-state index contributed by atoms with van der Waals surface area (Å²) in [5.74, 6) is 1.57. The zero-order chi connectivity index (χ0) is 23.0. The Morgan fingerprint density at radius 1 is 1.23 bits per heavy atom. The average Bonchev–Trinajstić information content (AvgIpc) is 2.99. The average molecular weight is 433 g/mol. The maximum Gasteiger partial charge on any atom is 0.0811 e. The largest absolute Gasteiger partial charge is 0.393 e. The van der Waals surface area contributed by atoms with Crippen LogP contribution in [0.2, 0.25) is 0 Å². The second kappa shape index (κ2) is 9.51. The van der Waals surface area contributed by atoms with E-state index in [1.807, 2.05) is 0 Å². The Balaban J connectivity index is 1.72. The third kappa shape index (κ3) is 5.71. The molecular formula is C27H44O4. The molecule has 3 aliphatic rings. The summed E-state index contributed by atoms with van der Waals surface area (Å²) < 4.78 is 0. The summed E-state index contributed by atoms with van der Waals surface area (Å²) in [6.07, 6.45) is 10.8. The molecule has 3 saturated carbocycles. The Morgan fingerprint density at radius 3 is 2.61 bits per heavy atom. The quantitative estimate of drug-likeness (QED) is 0.491. The summed E-state index contributed by atoms with van der Waals surface area (Å²) in [7, 11) is 0. The van der Waals surface area contributed by atoms with E-state index in [-0.39, 0.29) is 5.41 Å². The SMILES string of the molecule is C=C1C(=CC=C2CCC[C@@]3(C)C2CC[C@@H]3[C@H](C)C[C@@H](O)CC(C)(C)O)C[C@@H](O)C[C@@H]1O. The normalized spacial score (nSPS) is 39.0. The van der Waals surface area contributed by atoms with Crippen molar-refractivity contribution < 1.29 is 20.4 Å². The molecule has 0 aliphatic heterocycles. The molecule has 31 heavy (non-hydrogen) atoms. The van der Waals surface area contributed by atoms with Gasteiger partial charge in [-0.05, 0) is 93.1 Å². The molecule has 0 aromatic heterocycles. The molecule has 0 heterocycles. The van der Waals surface area contributed by atoms with Gasteiger partial charge in [-0.1, -0.05) is 38.2 Å². The molecule has 3 fully saturated rings. The second-order valence-corrected chi connectivity index (χ2v) is 11.5. The molecule has 3 aliphatic carbocycles. The third-order valence-corrected chi connectivity index (χ3v) is 8.37. The second-order valence-electron chi connectivity index (χ2n) is 11.5. The van der Waals surface area contributed by atoms with Gasteiger partial charge in [-0.15, -0.1) is 0 Å². The summed E-state index contributed by atoms with van der Waals surface area (Å²) in [4.78, 5) is 0. The predicted molar refractivity (Wildman–Crippen MR) is 125 cm³/mol. The summed E-state index contributed by atoms with van der Waals surface area (Å²) in [5, 5.41) is 40.7. The summed E-state index contributed by atoms with van der Waals surface area (Å²) in [6.45, 7) is 12.3. The van der Waals surface area contributed by atoms with Crippen molar-refractivity contribution in [3.8, 4) is 0 Å². The number of fused-ring (bicyclic) bond motifs is 1. The van der Waals surface area contributed by atoms with Crippen LogP contribution < -0.4 is 0 Å². The van der Waals surface area contributed by atoms with Crippen molar-refractivity contribution in [3.05, 3.63) is 35.5 Å². The smallest absolute Gasteiger partial charge is 0.0811 e. The van der Waals surface area contributed by atoms with Gasteiger partial charge in [-0.25, -0.2) is 0 Å². The number of aliphatic hydroxyl groups excluding tert-OH is 3. The van der Waals surface area contributed by atoms with Crippen molar-refractivity contribution in [2.24, 2.45) is 23.2 Å². The monoisotopic (exact) mass is 432 g/mol. The van der Waals surface area contributed by atoms with Crippen molar-refractivity contribution in [2.45, 2.75) is 109 Å². The maximum absolute atomic E-state index is 10.5. The highest BCUT2D eigenvalue weighted by Crippen LogP contribution is 2.60. The highest BCUT2D eigenvalue weighted by molar-refractivity contribution is 5.38. The van der Waals surface area contributed by atoms with Crippen LogP contribution in [0.25, 0.3) is 0 Å². The third-order valence-electron chi connectivity index (χ3n) is 8.37. The minimum Gasteiger partial charge on any atom is -0.393 e. The molecule has 0 aromatic rings. The van der Waals surface area contributed by atoms with Crippen LogP contribution in [0.15, 0.2) is 35.5 Å². The lowest BCUT2D eigenvalue weighted by molar-refractivity contribution is 0.000127.